The number of piperidine rings is 1. The number of nitrogens with zero attached hydrogens (tertiary/aromatic N) is 4. The van der Waals surface area contributed by atoms with Crippen LogP contribution in [0.15, 0.2) is 48.8 Å². The molecule has 0 bridgehead atoms. The van der Waals surface area contributed by atoms with E-state index in [2.05, 4.69) is 32.2 Å². The first kappa shape index (κ1) is 23.2. The number of aryl methyl sites for hydroxylation is 1. The molecule has 1 aliphatic heterocycles. The molecule has 0 unspecified atom stereocenters. The lowest BCUT2D eigenvalue weighted by atomic mass is 10.0. The number of hydrogen-bond acceptors (Lipinski definition) is 5. The minimum atomic E-state index is -0.659. The number of nitrogens with one attached hydrogen (secondary N) is 2. The predicted octanol–water partition coefficient (Wildman–Crippen LogP) is 4.11. The summed E-state index contributed by atoms with van der Waals surface area (Å²) in [6.45, 7) is 5.04. The highest BCUT2D eigenvalue weighted by Crippen LogP contribution is 2.27. The van der Waals surface area contributed by atoms with Crippen LogP contribution in [-0.2, 0) is 22.5 Å². The zero-order valence-corrected chi connectivity index (χ0v) is 19.5. The van der Waals surface area contributed by atoms with Gasteiger partial charge in [0.05, 0.1) is 12.2 Å². The molecule has 8 nitrogen and oxygen atoms in total. The number of methoxy groups -OCH3 is 1. The molecular formula is C25H34N6O2. The Morgan fingerprint density at radius 2 is 2.03 bits per heavy atom. The highest BCUT2D eigenvalue weighted by molar-refractivity contribution is 5.94. The number of amides is 1. The lowest BCUT2D eigenvalue weighted by Crippen LogP contribution is -2.35. The molecule has 2 N–H and O–H groups in total. The molecule has 3 aromatic rings. The van der Waals surface area contributed by atoms with Crippen molar-refractivity contribution in [2.45, 2.75) is 57.7 Å². The molecule has 0 aliphatic carbocycles. The number of unbranched alkanes of at least 4 members (excludes halogenated alkanes) is 1. The second kappa shape index (κ2) is 11.2. The molecule has 1 fully saturated rings. The summed E-state index contributed by atoms with van der Waals surface area (Å²) in [5.74, 6) is 1.61. The van der Waals surface area contributed by atoms with Gasteiger partial charge in [0.15, 0.2) is 6.10 Å². The Morgan fingerprint density at radius 1 is 1.24 bits per heavy atom. The summed E-state index contributed by atoms with van der Waals surface area (Å²) in [5, 5.41) is 7.54. The van der Waals surface area contributed by atoms with Gasteiger partial charge in [-0.1, -0.05) is 43.7 Å². The van der Waals surface area contributed by atoms with Crippen LogP contribution >= 0.6 is 0 Å². The number of aromatic nitrogens is 4. The summed E-state index contributed by atoms with van der Waals surface area (Å²) >= 11 is 0. The van der Waals surface area contributed by atoms with E-state index in [0.29, 0.717) is 5.82 Å². The Labute approximate surface area is 195 Å². The number of likely N-dealkylation sites (tertiary alicyclic amines) is 1. The Bertz CT molecular complexity index is 1010. The first-order valence-corrected chi connectivity index (χ1v) is 11.8. The van der Waals surface area contributed by atoms with Gasteiger partial charge in [-0.2, -0.15) is 5.10 Å². The maximum absolute atomic E-state index is 12.9. The van der Waals surface area contributed by atoms with Crippen molar-refractivity contribution in [1.82, 2.24) is 24.6 Å². The Balaban J connectivity index is 1.32. The Hall–Kier alpha value is -2.97. The minimum absolute atomic E-state index is 0.194. The largest absolute Gasteiger partial charge is 0.367 e. The monoisotopic (exact) mass is 450 g/mol. The van der Waals surface area contributed by atoms with Crippen molar-refractivity contribution in [1.29, 1.82) is 0 Å². The van der Waals surface area contributed by atoms with Crippen molar-refractivity contribution in [3.05, 3.63) is 65.9 Å². The van der Waals surface area contributed by atoms with E-state index in [9.17, 15) is 4.79 Å². The predicted molar refractivity (Wildman–Crippen MR) is 128 cm³/mol. The van der Waals surface area contributed by atoms with Crippen molar-refractivity contribution in [2.24, 2.45) is 0 Å². The van der Waals surface area contributed by atoms with Crippen LogP contribution in [0, 0.1) is 0 Å². The molecule has 1 aromatic carbocycles. The fraction of sp³-hybridized carbons (Fsp3) is 0.480. The van der Waals surface area contributed by atoms with E-state index in [0.717, 1.165) is 56.7 Å². The molecule has 8 heteroatoms. The van der Waals surface area contributed by atoms with E-state index >= 15 is 0 Å². The molecule has 0 spiro atoms. The van der Waals surface area contributed by atoms with Crippen LogP contribution in [0.4, 0.5) is 5.82 Å². The Kier molecular flexibility index (Phi) is 7.91. The number of carbonyl (C=O) groups excluding carboxylic acids is 1. The molecule has 1 aliphatic rings. The van der Waals surface area contributed by atoms with Crippen LogP contribution in [0.1, 0.15) is 61.8 Å². The molecule has 1 saturated heterocycles. The normalized spacial score (nSPS) is 16.1. The van der Waals surface area contributed by atoms with E-state index in [1.807, 2.05) is 47.3 Å². The summed E-state index contributed by atoms with van der Waals surface area (Å²) in [4.78, 5) is 23.3. The van der Waals surface area contributed by atoms with Gasteiger partial charge in [-0.05, 0) is 24.8 Å². The lowest BCUT2D eigenvalue weighted by molar-refractivity contribution is -0.126. The van der Waals surface area contributed by atoms with E-state index < -0.39 is 6.10 Å². The molecule has 3 heterocycles. The summed E-state index contributed by atoms with van der Waals surface area (Å²) < 4.78 is 7.42. The van der Waals surface area contributed by atoms with Crippen LogP contribution in [0.3, 0.4) is 0 Å². The number of imidazole rings is 1. The molecule has 1 amide bonds. The molecule has 2 aromatic heterocycles. The van der Waals surface area contributed by atoms with Gasteiger partial charge in [-0.15, -0.1) is 0 Å². The first-order chi connectivity index (χ1) is 16.2. The highest BCUT2D eigenvalue weighted by atomic mass is 16.5. The maximum Gasteiger partial charge on any atom is 0.259 e. The van der Waals surface area contributed by atoms with Crippen molar-refractivity contribution in [2.75, 3.05) is 25.5 Å². The summed E-state index contributed by atoms with van der Waals surface area (Å²) in [6, 6.07) is 11.6. The van der Waals surface area contributed by atoms with Gasteiger partial charge in [0.1, 0.15) is 11.6 Å². The number of H-pyrrole nitrogens is 1. The molecule has 0 radical (unpaired) electrons. The van der Waals surface area contributed by atoms with Crippen LogP contribution in [0.5, 0.6) is 0 Å². The highest BCUT2D eigenvalue weighted by Gasteiger charge is 2.25. The van der Waals surface area contributed by atoms with E-state index in [4.69, 9.17) is 4.74 Å². The van der Waals surface area contributed by atoms with Crippen molar-refractivity contribution in [3.63, 3.8) is 0 Å². The number of aromatic amines is 1. The second-order valence-corrected chi connectivity index (χ2v) is 8.64. The minimum Gasteiger partial charge on any atom is -0.367 e. The average Bonchev–Trinajstić information content (AvgIpc) is 3.49. The van der Waals surface area contributed by atoms with Gasteiger partial charge >= 0.3 is 0 Å². The van der Waals surface area contributed by atoms with Crippen LogP contribution < -0.4 is 5.32 Å². The molecule has 33 heavy (non-hydrogen) atoms. The quantitative estimate of drug-likeness (QED) is 0.485. The zero-order valence-electron chi connectivity index (χ0n) is 19.5. The van der Waals surface area contributed by atoms with Gasteiger partial charge in [-0.25, -0.2) is 9.67 Å². The van der Waals surface area contributed by atoms with Crippen LogP contribution in [0.2, 0.25) is 0 Å². The maximum atomic E-state index is 12.9. The molecule has 176 valence electrons. The van der Waals surface area contributed by atoms with Crippen LogP contribution in [-0.4, -0.2) is 50.8 Å². The number of rotatable bonds is 10. The zero-order chi connectivity index (χ0) is 23.0. The van der Waals surface area contributed by atoms with Gasteiger partial charge < -0.3 is 15.0 Å². The number of benzene rings is 1. The standard InChI is InChI=1S/C25H34N6O2/c1-3-4-10-22-26-17-20(28-22)18-30-15-12-21(13-16-30)31-23(11-14-27-31)29-25(32)24(33-2)19-8-6-5-7-9-19/h5-9,11,14,17,21,24H,3-4,10,12-13,15-16,18H2,1-2H3,(H,26,28)(H,29,32)/t24-/m1/s1. The van der Waals surface area contributed by atoms with Crippen molar-refractivity contribution >= 4 is 11.7 Å². The summed E-state index contributed by atoms with van der Waals surface area (Å²) in [5.41, 5.74) is 2.01. The topological polar surface area (TPSA) is 88.1 Å². The van der Waals surface area contributed by atoms with Crippen LogP contribution in [0.25, 0.3) is 0 Å². The Morgan fingerprint density at radius 3 is 2.76 bits per heavy atom. The van der Waals surface area contributed by atoms with Gasteiger partial charge in [0.2, 0.25) is 0 Å². The number of anilines is 1. The third kappa shape index (κ3) is 5.89. The smallest absolute Gasteiger partial charge is 0.259 e. The SMILES string of the molecule is CCCCc1ncc(CN2CCC(n3nccc3NC(=O)[C@H](OC)c3ccccc3)CC2)[nH]1. The van der Waals surface area contributed by atoms with Gasteiger partial charge in [-0.3, -0.25) is 9.69 Å². The summed E-state index contributed by atoms with van der Waals surface area (Å²) in [7, 11) is 1.55. The molecule has 0 saturated carbocycles. The van der Waals surface area contributed by atoms with Crippen molar-refractivity contribution in [3.8, 4) is 0 Å². The number of ether oxygens (including phenoxy) is 1. The van der Waals surface area contributed by atoms with Crippen molar-refractivity contribution < 1.29 is 9.53 Å². The number of carbonyl (C=O) groups is 1. The molecule has 1 atom stereocenters. The van der Waals surface area contributed by atoms with E-state index in [1.165, 1.54) is 12.1 Å². The molecular weight excluding hydrogens is 416 g/mol. The fourth-order valence-electron chi connectivity index (χ4n) is 4.44. The van der Waals surface area contributed by atoms with Gasteiger partial charge in [0, 0.05) is 51.1 Å². The third-order valence-corrected chi connectivity index (χ3v) is 6.24. The number of hydrogen-bond donors (Lipinski definition) is 2. The fourth-order valence-corrected chi connectivity index (χ4v) is 4.44. The third-order valence-electron chi connectivity index (χ3n) is 6.24. The summed E-state index contributed by atoms with van der Waals surface area (Å²) in [6.07, 6.45) is 8.37. The van der Waals surface area contributed by atoms with E-state index in [-0.39, 0.29) is 11.9 Å². The van der Waals surface area contributed by atoms with Gasteiger partial charge in [0.25, 0.3) is 5.91 Å². The molecule has 4 rings (SSSR count). The second-order valence-electron chi connectivity index (χ2n) is 8.64. The lowest BCUT2D eigenvalue weighted by Gasteiger charge is -2.32. The first-order valence-electron chi connectivity index (χ1n) is 11.8. The average molecular weight is 451 g/mol. The van der Waals surface area contributed by atoms with E-state index in [1.54, 1.807) is 13.3 Å².